The van der Waals surface area contributed by atoms with E-state index in [1.807, 2.05) is 71.3 Å². The zero-order valence-electron chi connectivity index (χ0n) is 23.9. The van der Waals surface area contributed by atoms with Gasteiger partial charge in [0.25, 0.3) is 5.91 Å². The van der Waals surface area contributed by atoms with E-state index in [0.717, 1.165) is 32.1 Å². The van der Waals surface area contributed by atoms with E-state index in [1.165, 1.54) is 0 Å². The lowest BCUT2D eigenvalue weighted by atomic mass is 10.0. The van der Waals surface area contributed by atoms with E-state index in [0.29, 0.717) is 37.4 Å². The van der Waals surface area contributed by atoms with Crippen LogP contribution in [0.4, 0.5) is 5.69 Å². The number of carbonyl (C=O) groups is 2. The maximum absolute atomic E-state index is 12.6. The van der Waals surface area contributed by atoms with Crippen molar-refractivity contribution in [2.45, 2.75) is 53.0 Å². The first kappa shape index (κ1) is 33.2. The number of hydrogen-bond acceptors (Lipinski definition) is 7. The molecule has 0 aliphatic heterocycles. The lowest BCUT2D eigenvalue weighted by Crippen LogP contribution is -2.26. The van der Waals surface area contributed by atoms with Gasteiger partial charge < -0.3 is 25.3 Å². The first-order chi connectivity index (χ1) is 19.2. The Morgan fingerprint density at radius 3 is 2.30 bits per heavy atom. The van der Waals surface area contributed by atoms with Crippen LogP contribution in [0.2, 0.25) is 5.02 Å². The molecule has 9 heteroatoms. The summed E-state index contributed by atoms with van der Waals surface area (Å²) < 4.78 is 0. The van der Waals surface area contributed by atoms with E-state index in [4.69, 9.17) is 11.6 Å². The average molecular weight is 586 g/mol. The van der Waals surface area contributed by atoms with Crippen molar-refractivity contribution < 1.29 is 19.8 Å². The highest BCUT2D eigenvalue weighted by Gasteiger charge is 2.15. The molecule has 0 saturated heterocycles. The molecule has 0 fully saturated rings. The number of carbonyl (C=O) groups excluding carboxylic acids is 2. The van der Waals surface area contributed by atoms with Gasteiger partial charge >= 0.3 is 0 Å². The van der Waals surface area contributed by atoms with Crippen molar-refractivity contribution in [1.82, 2.24) is 10.2 Å². The number of aliphatic hydroxyl groups excluding tert-OH is 2. The summed E-state index contributed by atoms with van der Waals surface area (Å²) in [6.07, 6.45) is 2.12. The van der Waals surface area contributed by atoms with Crippen LogP contribution in [0.5, 0.6) is 0 Å². The fourth-order valence-electron chi connectivity index (χ4n) is 3.97. The molecule has 0 saturated carbocycles. The Labute approximate surface area is 246 Å². The van der Waals surface area contributed by atoms with E-state index >= 15 is 0 Å². The molecule has 40 heavy (non-hydrogen) atoms. The van der Waals surface area contributed by atoms with Crippen LogP contribution >= 0.6 is 22.9 Å². The number of hydrogen-bond donors (Lipinski definition) is 3. The molecule has 3 aromatic rings. The number of aldehydes is 1. The predicted molar refractivity (Wildman–Crippen MR) is 165 cm³/mol. The fourth-order valence-corrected chi connectivity index (χ4v) is 5.25. The Kier molecular flexibility index (Phi) is 14.1. The van der Waals surface area contributed by atoms with Crippen molar-refractivity contribution in [1.29, 1.82) is 0 Å². The lowest BCUT2D eigenvalue weighted by molar-refractivity contribution is -0.119. The quantitative estimate of drug-likeness (QED) is 0.104. The molecule has 0 radical (unpaired) electrons. The number of rotatable bonds is 13. The van der Waals surface area contributed by atoms with Gasteiger partial charge in [-0.3, -0.25) is 9.59 Å². The van der Waals surface area contributed by atoms with Crippen molar-refractivity contribution in [2.75, 3.05) is 25.5 Å². The van der Waals surface area contributed by atoms with Crippen LogP contribution in [0.3, 0.4) is 0 Å². The van der Waals surface area contributed by atoms with E-state index in [1.54, 1.807) is 34.6 Å². The third-order valence-corrected chi connectivity index (χ3v) is 7.44. The predicted octanol–water partition coefficient (Wildman–Crippen LogP) is 5.62. The molecule has 0 bridgehead atoms. The Hall–Kier alpha value is -3.01. The number of aryl methyl sites for hydroxylation is 1. The summed E-state index contributed by atoms with van der Waals surface area (Å²) in [7, 11) is 3.83. The SMILES string of the molecule is CC.Cc1sc(CN(C)CCC(O)c2ccc(CO)cc2)cc1N(C)/C=C(\C=O)C(=O)NCc1ccc(Cl)cc1. The summed E-state index contributed by atoms with van der Waals surface area (Å²) in [5.41, 5.74) is 3.50. The molecule has 3 rings (SSSR count). The van der Waals surface area contributed by atoms with Gasteiger partial charge in [-0.15, -0.1) is 11.3 Å². The van der Waals surface area contributed by atoms with Gasteiger partial charge in [-0.25, -0.2) is 0 Å². The maximum atomic E-state index is 12.6. The number of thiophene rings is 1. The van der Waals surface area contributed by atoms with Crippen LogP contribution < -0.4 is 10.2 Å². The number of aliphatic hydroxyl groups is 2. The number of nitrogens with one attached hydrogen (secondary N) is 1. The van der Waals surface area contributed by atoms with E-state index in [2.05, 4.69) is 16.3 Å². The van der Waals surface area contributed by atoms with Crippen LogP contribution in [0.25, 0.3) is 0 Å². The molecule has 1 atom stereocenters. The molecule has 3 N–H and O–H groups in total. The number of nitrogens with zero attached hydrogens (tertiary/aromatic N) is 2. The molecule has 1 heterocycles. The smallest absolute Gasteiger partial charge is 0.256 e. The first-order valence-electron chi connectivity index (χ1n) is 13.3. The summed E-state index contributed by atoms with van der Waals surface area (Å²) in [5, 5.41) is 23.1. The van der Waals surface area contributed by atoms with Crippen LogP contribution in [-0.2, 0) is 29.3 Å². The summed E-state index contributed by atoms with van der Waals surface area (Å²) in [4.78, 5) is 30.4. The molecule has 0 spiro atoms. The van der Waals surface area contributed by atoms with E-state index < -0.39 is 12.0 Å². The van der Waals surface area contributed by atoms with Gasteiger partial charge in [0.15, 0.2) is 6.29 Å². The molecule has 1 aromatic heterocycles. The molecular formula is C31H40ClN3O4S. The topological polar surface area (TPSA) is 93.1 Å². The summed E-state index contributed by atoms with van der Waals surface area (Å²) in [6, 6.07) is 16.5. The van der Waals surface area contributed by atoms with E-state index in [-0.39, 0.29) is 12.2 Å². The molecule has 7 nitrogen and oxygen atoms in total. The second kappa shape index (κ2) is 16.9. The Morgan fingerprint density at radius 1 is 1.07 bits per heavy atom. The zero-order valence-corrected chi connectivity index (χ0v) is 25.4. The second-order valence-electron chi connectivity index (χ2n) is 9.22. The number of halogens is 1. The summed E-state index contributed by atoms with van der Waals surface area (Å²) in [6.45, 7) is 7.70. The molecule has 0 aliphatic carbocycles. The number of anilines is 1. The van der Waals surface area contributed by atoms with Gasteiger partial charge in [0.1, 0.15) is 0 Å². The first-order valence-corrected chi connectivity index (χ1v) is 14.5. The Morgan fingerprint density at radius 2 is 1.70 bits per heavy atom. The monoisotopic (exact) mass is 585 g/mol. The van der Waals surface area contributed by atoms with Crippen LogP contribution in [-0.4, -0.2) is 47.9 Å². The lowest BCUT2D eigenvalue weighted by Gasteiger charge is -2.18. The standard InChI is InChI=1S/C29H34ClN3O4S.C2H6/c1-20-27(33(3)16-24(19-35)29(37)31-15-21-6-10-25(30)11-7-21)14-26(38-20)17-32(2)13-12-28(36)23-8-4-22(18-34)5-9-23;1-2/h4-11,14,16,19,28,34,36H,12-13,15,17-18H2,1-3H3,(H,31,37);1-2H3/b24-16+;. The number of benzene rings is 2. The third-order valence-electron chi connectivity index (χ3n) is 6.17. The minimum Gasteiger partial charge on any atom is -0.392 e. The zero-order chi connectivity index (χ0) is 29.7. The molecule has 216 valence electrons. The van der Waals surface area contributed by atoms with Crippen LogP contribution in [0.1, 0.15) is 52.8 Å². The highest BCUT2D eigenvalue weighted by Crippen LogP contribution is 2.30. The van der Waals surface area contributed by atoms with Gasteiger partial charge in [-0.1, -0.05) is 61.8 Å². The van der Waals surface area contributed by atoms with Gasteiger partial charge in [0.2, 0.25) is 0 Å². The molecule has 1 amide bonds. The molecule has 1 unspecified atom stereocenters. The minimum absolute atomic E-state index is 0.0136. The van der Waals surface area contributed by atoms with Crippen LogP contribution in [0, 0.1) is 6.92 Å². The Balaban J connectivity index is 0.00000274. The van der Waals surface area contributed by atoms with Crippen molar-refractivity contribution in [2.24, 2.45) is 0 Å². The number of amides is 1. The molecule has 2 aromatic carbocycles. The van der Waals surface area contributed by atoms with Crippen molar-refractivity contribution >= 4 is 40.8 Å². The van der Waals surface area contributed by atoms with Gasteiger partial charge in [-0.05, 0) is 55.3 Å². The molecule has 0 aliphatic rings. The average Bonchev–Trinajstić information content (AvgIpc) is 3.34. The minimum atomic E-state index is -0.574. The Bertz CT molecular complexity index is 1240. The van der Waals surface area contributed by atoms with Crippen molar-refractivity contribution in [3.8, 4) is 0 Å². The van der Waals surface area contributed by atoms with Gasteiger partial charge in [-0.2, -0.15) is 0 Å². The second-order valence-corrected chi connectivity index (χ2v) is 11.0. The van der Waals surface area contributed by atoms with Gasteiger partial charge in [0.05, 0.1) is 24.0 Å². The van der Waals surface area contributed by atoms with Crippen molar-refractivity contribution in [3.05, 3.63) is 97.8 Å². The molecular weight excluding hydrogens is 546 g/mol. The third kappa shape index (κ3) is 10.2. The van der Waals surface area contributed by atoms with E-state index in [9.17, 15) is 19.8 Å². The van der Waals surface area contributed by atoms with Crippen molar-refractivity contribution in [3.63, 3.8) is 0 Å². The van der Waals surface area contributed by atoms with Crippen LogP contribution in [0.15, 0.2) is 66.4 Å². The normalized spacial score (nSPS) is 12.0. The fraction of sp³-hybridized carbons (Fsp3) is 0.355. The summed E-state index contributed by atoms with van der Waals surface area (Å²) >= 11 is 7.56. The largest absolute Gasteiger partial charge is 0.392 e. The highest BCUT2D eigenvalue weighted by atomic mass is 35.5. The highest BCUT2D eigenvalue weighted by molar-refractivity contribution is 7.12. The maximum Gasteiger partial charge on any atom is 0.256 e. The summed E-state index contributed by atoms with van der Waals surface area (Å²) in [5.74, 6) is -0.445. The van der Waals surface area contributed by atoms with Gasteiger partial charge in [0, 0.05) is 47.7 Å².